The molecular weight excluding hydrogens is 214 g/mol. The van der Waals surface area contributed by atoms with Crippen LogP contribution >= 0.6 is 23.4 Å². The Labute approximate surface area is 95.2 Å². The number of thioether (sulfide) groups is 1. The van der Waals surface area contributed by atoms with Gasteiger partial charge in [-0.25, -0.2) is 0 Å². The second-order valence-corrected chi connectivity index (χ2v) is 4.64. The molecule has 0 saturated carbocycles. The van der Waals surface area contributed by atoms with Crippen LogP contribution in [0.4, 0.5) is 0 Å². The van der Waals surface area contributed by atoms with Crippen molar-refractivity contribution < 1.29 is 0 Å². The van der Waals surface area contributed by atoms with Crippen molar-refractivity contribution in [3.63, 3.8) is 0 Å². The Morgan fingerprint density at radius 1 is 1.36 bits per heavy atom. The highest BCUT2D eigenvalue weighted by Crippen LogP contribution is 2.15. The molecule has 0 aliphatic heterocycles. The van der Waals surface area contributed by atoms with Gasteiger partial charge in [-0.2, -0.15) is 11.8 Å². The van der Waals surface area contributed by atoms with Gasteiger partial charge in [0.2, 0.25) is 0 Å². The number of rotatable bonds is 5. The largest absolute Gasteiger partial charge is 0.309 e. The van der Waals surface area contributed by atoms with Crippen molar-refractivity contribution in [2.45, 2.75) is 13.0 Å². The Morgan fingerprint density at radius 2 is 2.00 bits per heavy atom. The lowest BCUT2D eigenvalue weighted by Gasteiger charge is -2.13. The molecule has 78 valence electrons. The Balaban J connectivity index is 2.43. The summed E-state index contributed by atoms with van der Waals surface area (Å²) in [6, 6.07) is 8.41. The summed E-state index contributed by atoms with van der Waals surface area (Å²) in [5.74, 6) is 1.15. The molecule has 0 amide bonds. The van der Waals surface area contributed by atoms with E-state index in [1.807, 2.05) is 23.9 Å². The molecule has 0 radical (unpaired) electrons. The molecule has 0 aliphatic rings. The maximum atomic E-state index is 5.82. The van der Waals surface area contributed by atoms with Crippen molar-refractivity contribution in [3.05, 3.63) is 34.9 Å². The zero-order valence-electron chi connectivity index (χ0n) is 8.59. The third-order valence-corrected chi connectivity index (χ3v) is 2.99. The molecule has 14 heavy (non-hydrogen) atoms. The average Bonchev–Trinajstić information content (AvgIpc) is 2.19. The van der Waals surface area contributed by atoms with Gasteiger partial charge in [0.1, 0.15) is 0 Å². The predicted molar refractivity (Wildman–Crippen MR) is 66.3 cm³/mol. The van der Waals surface area contributed by atoms with E-state index in [1.165, 1.54) is 5.56 Å². The molecule has 0 saturated heterocycles. The highest BCUT2D eigenvalue weighted by Gasteiger charge is 2.02. The molecule has 0 heterocycles. The van der Waals surface area contributed by atoms with E-state index in [2.05, 4.69) is 30.6 Å². The summed E-state index contributed by atoms with van der Waals surface area (Å²) in [6.07, 6.45) is 2.12. The van der Waals surface area contributed by atoms with Gasteiger partial charge in [0.15, 0.2) is 0 Å². The molecular formula is C11H16ClNS. The zero-order valence-corrected chi connectivity index (χ0v) is 10.2. The first-order chi connectivity index (χ1) is 6.74. The average molecular weight is 230 g/mol. The number of halogens is 1. The van der Waals surface area contributed by atoms with Gasteiger partial charge in [0.05, 0.1) is 0 Å². The number of hydrogen-bond donors (Lipinski definition) is 1. The van der Waals surface area contributed by atoms with E-state index in [-0.39, 0.29) is 0 Å². The minimum atomic E-state index is 0.402. The van der Waals surface area contributed by atoms with Crippen LogP contribution < -0.4 is 5.32 Å². The quantitative estimate of drug-likeness (QED) is 0.778. The van der Waals surface area contributed by atoms with Crippen LogP contribution in [-0.4, -0.2) is 18.6 Å². The maximum absolute atomic E-state index is 5.82. The molecule has 0 aliphatic carbocycles. The normalized spacial score (nSPS) is 12.8. The van der Waals surface area contributed by atoms with Crippen LogP contribution in [0.3, 0.4) is 0 Å². The first kappa shape index (κ1) is 11.9. The SMILES string of the molecule is CSCCN[C@H](C)c1ccc(Cl)cc1. The van der Waals surface area contributed by atoms with Crippen LogP contribution in [0.1, 0.15) is 18.5 Å². The first-order valence-corrected chi connectivity index (χ1v) is 6.49. The molecule has 1 nitrogen and oxygen atoms in total. The Hall–Kier alpha value is -0.180. The van der Waals surface area contributed by atoms with Gasteiger partial charge in [-0.1, -0.05) is 23.7 Å². The van der Waals surface area contributed by atoms with Gasteiger partial charge >= 0.3 is 0 Å². The predicted octanol–water partition coefficient (Wildman–Crippen LogP) is 3.35. The fourth-order valence-electron chi connectivity index (χ4n) is 1.25. The van der Waals surface area contributed by atoms with Crippen LogP contribution in [0, 0.1) is 0 Å². The fourth-order valence-corrected chi connectivity index (χ4v) is 1.69. The summed E-state index contributed by atoms with van der Waals surface area (Å²) < 4.78 is 0. The third-order valence-electron chi connectivity index (χ3n) is 2.13. The first-order valence-electron chi connectivity index (χ1n) is 4.72. The summed E-state index contributed by atoms with van der Waals surface area (Å²) in [5.41, 5.74) is 1.29. The van der Waals surface area contributed by atoms with Gasteiger partial charge in [0.25, 0.3) is 0 Å². The van der Waals surface area contributed by atoms with Crippen molar-refractivity contribution in [1.29, 1.82) is 0 Å². The molecule has 1 aromatic rings. The van der Waals surface area contributed by atoms with E-state index >= 15 is 0 Å². The van der Waals surface area contributed by atoms with Gasteiger partial charge < -0.3 is 5.32 Å². The minimum absolute atomic E-state index is 0.402. The van der Waals surface area contributed by atoms with E-state index in [0.717, 1.165) is 17.3 Å². The number of hydrogen-bond acceptors (Lipinski definition) is 2. The third kappa shape index (κ3) is 3.91. The van der Waals surface area contributed by atoms with Crippen molar-refractivity contribution in [1.82, 2.24) is 5.32 Å². The standard InChI is InChI=1S/C11H16ClNS/c1-9(13-7-8-14-2)10-3-5-11(12)6-4-10/h3-6,9,13H,7-8H2,1-2H3/t9-/m1/s1. The van der Waals surface area contributed by atoms with Gasteiger partial charge in [-0.15, -0.1) is 0 Å². The van der Waals surface area contributed by atoms with Gasteiger partial charge in [-0.05, 0) is 30.9 Å². The summed E-state index contributed by atoms with van der Waals surface area (Å²) in [7, 11) is 0. The molecule has 1 aromatic carbocycles. The molecule has 0 fully saturated rings. The van der Waals surface area contributed by atoms with Crippen molar-refractivity contribution >= 4 is 23.4 Å². The highest BCUT2D eigenvalue weighted by molar-refractivity contribution is 7.98. The Kier molecular flexibility index (Phi) is 5.38. The van der Waals surface area contributed by atoms with Crippen molar-refractivity contribution in [3.8, 4) is 0 Å². The molecule has 0 aromatic heterocycles. The Morgan fingerprint density at radius 3 is 2.57 bits per heavy atom. The van der Waals surface area contributed by atoms with E-state index in [0.29, 0.717) is 6.04 Å². The van der Waals surface area contributed by atoms with E-state index < -0.39 is 0 Å². The number of nitrogens with one attached hydrogen (secondary N) is 1. The van der Waals surface area contributed by atoms with Crippen LogP contribution in [0.15, 0.2) is 24.3 Å². The lowest BCUT2D eigenvalue weighted by atomic mass is 10.1. The van der Waals surface area contributed by atoms with Gasteiger partial charge in [0, 0.05) is 23.4 Å². The summed E-state index contributed by atoms with van der Waals surface area (Å²) in [4.78, 5) is 0. The molecule has 0 unspecified atom stereocenters. The van der Waals surface area contributed by atoms with Crippen LogP contribution in [0.2, 0.25) is 5.02 Å². The Bertz CT molecular complexity index is 260. The van der Waals surface area contributed by atoms with E-state index in [4.69, 9.17) is 11.6 Å². The van der Waals surface area contributed by atoms with Crippen molar-refractivity contribution in [2.75, 3.05) is 18.6 Å². The molecule has 3 heteroatoms. The molecule has 1 N–H and O–H groups in total. The topological polar surface area (TPSA) is 12.0 Å². The zero-order chi connectivity index (χ0) is 10.4. The lowest BCUT2D eigenvalue weighted by molar-refractivity contribution is 0.601. The molecule has 0 spiro atoms. The van der Waals surface area contributed by atoms with Crippen LogP contribution in [-0.2, 0) is 0 Å². The summed E-state index contributed by atoms with van der Waals surface area (Å²) in [6.45, 7) is 3.22. The van der Waals surface area contributed by atoms with E-state index in [9.17, 15) is 0 Å². The second-order valence-electron chi connectivity index (χ2n) is 3.22. The summed E-state index contributed by atoms with van der Waals surface area (Å²) in [5, 5.41) is 4.25. The van der Waals surface area contributed by atoms with Crippen LogP contribution in [0.25, 0.3) is 0 Å². The molecule has 0 bridgehead atoms. The lowest BCUT2D eigenvalue weighted by Crippen LogP contribution is -2.21. The fraction of sp³-hybridized carbons (Fsp3) is 0.455. The van der Waals surface area contributed by atoms with Crippen LogP contribution in [0.5, 0.6) is 0 Å². The smallest absolute Gasteiger partial charge is 0.0406 e. The van der Waals surface area contributed by atoms with Crippen molar-refractivity contribution in [2.24, 2.45) is 0 Å². The van der Waals surface area contributed by atoms with E-state index in [1.54, 1.807) is 0 Å². The minimum Gasteiger partial charge on any atom is -0.309 e. The summed E-state index contributed by atoms with van der Waals surface area (Å²) >= 11 is 7.68. The monoisotopic (exact) mass is 229 g/mol. The second kappa shape index (κ2) is 6.33. The molecule has 1 rings (SSSR count). The highest BCUT2D eigenvalue weighted by atomic mass is 35.5. The number of benzene rings is 1. The molecule has 1 atom stereocenters. The van der Waals surface area contributed by atoms with Gasteiger partial charge in [-0.3, -0.25) is 0 Å². The maximum Gasteiger partial charge on any atom is 0.0406 e.